The van der Waals surface area contributed by atoms with Gasteiger partial charge in [0.1, 0.15) is 0 Å². The summed E-state index contributed by atoms with van der Waals surface area (Å²) in [6.07, 6.45) is 3.81. The number of nitrogens with one attached hydrogen (secondary N) is 1. The second-order valence-corrected chi connectivity index (χ2v) is 10.9. The van der Waals surface area contributed by atoms with E-state index < -0.39 is 15.9 Å². The quantitative estimate of drug-likeness (QED) is 0.507. The van der Waals surface area contributed by atoms with Gasteiger partial charge in [0.25, 0.3) is 5.91 Å². The molecule has 1 saturated heterocycles. The van der Waals surface area contributed by atoms with E-state index in [2.05, 4.69) is 10.3 Å². The number of nitrogens with zero attached hydrogens (tertiary/aromatic N) is 2. The van der Waals surface area contributed by atoms with Crippen molar-refractivity contribution < 1.29 is 18.0 Å². The topological polar surface area (TPSA) is 96.4 Å². The molecule has 7 nitrogen and oxygen atoms in total. The first-order chi connectivity index (χ1) is 15.9. The third kappa shape index (κ3) is 5.21. The second kappa shape index (κ2) is 9.94. The molecule has 0 bridgehead atoms. The van der Waals surface area contributed by atoms with Crippen LogP contribution in [0.3, 0.4) is 0 Å². The largest absolute Gasteiger partial charge is 0.298 e. The maximum absolute atomic E-state index is 12.9. The molecule has 33 heavy (non-hydrogen) atoms. The van der Waals surface area contributed by atoms with Crippen molar-refractivity contribution in [2.75, 3.05) is 18.4 Å². The minimum absolute atomic E-state index is 0.130. The Morgan fingerprint density at radius 3 is 2.18 bits per heavy atom. The molecule has 2 heterocycles. The van der Waals surface area contributed by atoms with Crippen molar-refractivity contribution in [3.63, 3.8) is 0 Å². The van der Waals surface area contributed by atoms with E-state index in [1.807, 2.05) is 30.3 Å². The molecule has 0 aliphatic carbocycles. The molecule has 1 N–H and O–H groups in total. The van der Waals surface area contributed by atoms with Gasteiger partial charge in [-0.25, -0.2) is 13.4 Å². The number of aromatic nitrogens is 1. The number of carbonyl (C=O) groups is 2. The van der Waals surface area contributed by atoms with Gasteiger partial charge in [-0.3, -0.25) is 14.9 Å². The van der Waals surface area contributed by atoms with Gasteiger partial charge in [0, 0.05) is 31.1 Å². The summed E-state index contributed by atoms with van der Waals surface area (Å²) < 4.78 is 27.4. The van der Waals surface area contributed by atoms with Crippen molar-refractivity contribution in [3.05, 3.63) is 65.0 Å². The molecule has 0 atom stereocenters. The molecule has 2 aromatic carbocycles. The summed E-state index contributed by atoms with van der Waals surface area (Å²) in [5.41, 5.74) is 1.63. The van der Waals surface area contributed by atoms with Gasteiger partial charge >= 0.3 is 0 Å². The Morgan fingerprint density at radius 2 is 1.58 bits per heavy atom. The summed E-state index contributed by atoms with van der Waals surface area (Å²) >= 11 is 1.12. The van der Waals surface area contributed by atoms with E-state index in [-0.39, 0.29) is 10.7 Å². The fourth-order valence-corrected chi connectivity index (χ4v) is 6.18. The number of anilines is 1. The van der Waals surface area contributed by atoms with E-state index in [0.29, 0.717) is 34.4 Å². The maximum atomic E-state index is 12.9. The molecular weight excluding hydrogens is 458 g/mol. The van der Waals surface area contributed by atoms with E-state index in [0.717, 1.165) is 42.6 Å². The Bertz CT molecular complexity index is 1240. The van der Waals surface area contributed by atoms with Crippen molar-refractivity contribution in [1.29, 1.82) is 0 Å². The fraction of sp³-hybridized carbons (Fsp3) is 0.292. The van der Waals surface area contributed by atoms with Crippen LogP contribution in [0.25, 0.3) is 11.3 Å². The Morgan fingerprint density at radius 1 is 0.939 bits per heavy atom. The number of amides is 1. The molecule has 9 heteroatoms. The lowest BCUT2D eigenvalue weighted by molar-refractivity contribution is 0.101. The molecule has 0 spiro atoms. The highest BCUT2D eigenvalue weighted by Gasteiger charge is 2.25. The van der Waals surface area contributed by atoms with Gasteiger partial charge in [-0.2, -0.15) is 4.31 Å². The summed E-state index contributed by atoms with van der Waals surface area (Å²) in [5.74, 6) is -0.549. The average Bonchev–Trinajstić information content (AvgIpc) is 3.04. The zero-order chi connectivity index (χ0) is 23.4. The monoisotopic (exact) mass is 483 g/mol. The molecule has 1 aliphatic rings. The zero-order valence-electron chi connectivity index (χ0n) is 18.3. The first-order valence-corrected chi connectivity index (χ1v) is 13.1. The van der Waals surface area contributed by atoms with Crippen molar-refractivity contribution in [2.45, 2.75) is 37.5 Å². The van der Waals surface area contributed by atoms with Gasteiger partial charge in [-0.1, -0.05) is 54.5 Å². The molecule has 1 amide bonds. The first-order valence-electron chi connectivity index (χ1n) is 10.8. The van der Waals surface area contributed by atoms with E-state index in [9.17, 15) is 18.0 Å². The number of thiazole rings is 1. The van der Waals surface area contributed by atoms with Gasteiger partial charge in [-0.15, -0.1) is 0 Å². The molecule has 172 valence electrons. The Balaban J connectivity index is 1.52. The number of ketones is 1. The van der Waals surface area contributed by atoms with E-state index in [4.69, 9.17) is 0 Å². The van der Waals surface area contributed by atoms with Gasteiger partial charge in [0.15, 0.2) is 10.9 Å². The molecule has 1 aromatic heterocycles. The van der Waals surface area contributed by atoms with E-state index in [1.54, 1.807) is 0 Å². The lowest BCUT2D eigenvalue weighted by atomic mass is 10.1. The standard InChI is InChI=1S/C24H25N3O4S2/c1-17(28)22-21(18-9-5-4-6-10-18)25-24(32-22)26-23(29)19-11-13-20(14-12-19)33(30,31)27-15-7-2-3-8-16-27/h4-6,9-14H,2-3,7-8,15-16H2,1H3,(H,25,26,29). The van der Waals surface area contributed by atoms with E-state index >= 15 is 0 Å². The zero-order valence-corrected chi connectivity index (χ0v) is 19.9. The Kier molecular flexibility index (Phi) is 7.02. The highest BCUT2D eigenvalue weighted by Crippen LogP contribution is 2.32. The first kappa shape index (κ1) is 23.3. The van der Waals surface area contributed by atoms with Crippen LogP contribution in [0.4, 0.5) is 5.13 Å². The Hall–Kier alpha value is -2.88. The van der Waals surface area contributed by atoms with Crippen molar-refractivity contribution in [1.82, 2.24) is 9.29 Å². The Labute approximate surface area is 197 Å². The number of Topliss-reactive ketones (excluding diaryl/α,β-unsaturated/α-hetero) is 1. The molecule has 0 unspecified atom stereocenters. The number of carbonyl (C=O) groups excluding carboxylic acids is 2. The average molecular weight is 484 g/mol. The van der Waals surface area contributed by atoms with Gasteiger partial charge in [-0.05, 0) is 37.1 Å². The molecular formula is C24H25N3O4S2. The molecule has 1 fully saturated rings. The lowest BCUT2D eigenvalue weighted by Crippen LogP contribution is -2.31. The number of hydrogen-bond acceptors (Lipinski definition) is 6. The molecule has 0 radical (unpaired) electrons. The highest BCUT2D eigenvalue weighted by atomic mass is 32.2. The molecule has 1 aliphatic heterocycles. The molecule has 4 rings (SSSR count). The maximum Gasteiger partial charge on any atom is 0.257 e. The number of rotatable bonds is 6. The lowest BCUT2D eigenvalue weighted by Gasteiger charge is -2.20. The van der Waals surface area contributed by atoms with Gasteiger partial charge in [0.2, 0.25) is 10.0 Å². The van der Waals surface area contributed by atoms with E-state index in [1.165, 1.54) is 35.5 Å². The number of hydrogen-bond donors (Lipinski definition) is 1. The van der Waals surface area contributed by atoms with Crippen LogP contribution >= 0.6 is 11.3 Å². The summed E-state index contributed by atoms with van der Waals surface area (Å²) in [6.45, 7) is 2.52. The second-order valence-electron chi connectivity index (χ2n) is 7.92. The van der Waals surface area contributed by atoms with Crippen molar-refractivity contribution in [2.24, 2.45) is 0 Å². The van der Waals surface area contributed by atoms with Crippen molar-refractivity contribution >= 4 is 38.2 Å². The minimum Gasteiger partial charge on any atom is -0.298 e. The van der Waals surface area contributed by atoms with Gasteiger partial charge in [0.05, 0.1) is 15.5 Å². The van der Waals surface area contributed by atoms with Crippen LogP contribution in [0, 0.1) is 0 Å². The van der Waals surface area contributed by atoms with Gasteiger partial charge < -0.3 is 0 Å². The summed E-state index contributed by atoms with van der Waals surface area (Å²) in [5, 5.41) is 3.04. The summed E-state index contributed by atoms with van der Waals surface area (Å²) in [4.78, 5) is 30.0. The van der Waals surface area contributed by atoms with Crippen LogP contribution in [0.15, 0.2) is 59.5 Å². The predicted molar refractivity (Wildman–Crippen MR) is 129 cm³/mol. The SMILES string of the molecule is CC(=O)c1sc(NC(=O)c2ccc(S(=O)(=O)N3CCCCCC3)cc2)nc1-c1ccccc1. The van der Waals surface area contributed by atoms with Crippen molar-refractivity contribution in [3.8, 4) is 11.3 Å². The third-order valence-corrected chi connectivity index (χ3v) is 8.52. The van der Waals surface area contributed by atoms with Crippen LogP contribution in [-0.4, -0.2) is 42.5 Å². The minimum atomic E-state index is -3.58. The fourth-order valence-electron chi connectivity index (χ4n) is 3.78. The normalized spacial score (nSPS) is 15.1. The van der Waals surface area contributed by atoms with Crippen LogP contribution in [0.2, 0.25) is 0 Å². The number of sulfonamides is 1. The molecule has 3 aromatic rings. The number of benzene rings is 2. The van der Waals surface area contributed by atoms with Crippen LogP contribution < -0.4 is 5.32 Å². The molecule has 0 saturated carbocycles. The smallest absolute Gasteiger partial charge is 0.257 e. The summed E-state index contributed by atoms with van der Waals surface area (Å²) in [7, 11) is -3.58. The van der Waals surface area contributed by atoms with Crippen LogP contribution in [0.1, 0.15) is 52.6 Å². The summed E-state index contributed by atoms with van der Waals surface area (Å²) in [6, 6.07) is 15.2. The van der Waals surface area contributed by atoms with Crippen LogP contribution in [-0.2, 0) is 10.0 Å². The predicted octanol–water partition coefficient (Wildman–Crippen LogP) is 4.83. The third-order valence-electron chi connectivity index (χ3n) is 5.53. The van der Waals surface area contributed by atoms with Crippen LogP contribution in [0.5, 0.6) is 0 Å². The highest BCUT2D eigenvalue weighted by molar-refractivity contribution is 7.89.